The van der Waals surface area contributed by atoms with E-state index in [0.29, 0.717) is 17.6 Å². The van der Waals surface area contributed by atoms with Gasteiger partial charge in [-0.3, -0.25) is 4.99 Å². The largest absolute Gasteiger partial charge is 0.365 e. The molecule has 2 atom stereocenters. The van der Waals surface area contributed by atoms with Crippen molar-refractivity contribution >= 4 is 33.1 Å². The van der Waals surface area contributed by atoms with Crippen LogP contribution in [0.25, 0.3) is 0 Å². The van der Waals surface area contributed by atoms with Crippen molar-refractivity contribution < 1.29 is 9.13 Å². The third-order valence-corrected chi connectivity index (χ3v) is 5.47. The number of rotatable bonds is 5. The third-order valence-electron chi connectivity index (χ3n) is 4.01. The highest BCUT2D eigenvalue weighted by Crippen LogP contribution is 2.33. The lowest BCUT2D eigenvalue weighted by atomic mass is 10.0. The van der Waals surface area contributed by atoms with E-state index in [1.165, 1.54) is 30.6 Å². The Morgan fingerprint density at radius 1 is 1.56 bits per heavy atom. The molecule has 1 aliphatic heterocycles. The van der Waals surface area contributed by atoms with E-state index in [-0.39, 0.29) is 11.9 Å². The molecular weight excluding hydrogens is 407 g/mol. The Morgan fingerprint density at radius 3 is 3.04 bits per heavy atom. The first-order chi connectivity index (χ1) is 12.1. The molecule has 25 heavy (non-hydrogen) atoms. The van der Waals surface area contributed by atoms with Crippen LogP contribution in [-0.4, -0.2) is 42.0 Å². The minimum atomic E-state index is -0.528. The molecule has 0 saturated carbocycles. The Morgan fingerprint density at radius 2 is 2.40 bits per heavy atom. The number of methoxy groups -OCH3 is 1. The van der Waals surface area contributed by atoms with Gasteiger partial charge in [0.1, 0.15) is 5.82 Å². The van der Waals surface area contributed by atoms with Gasteiger partial charge in [0.25, 0.3) is 0 Å². The number of benzene rings is 1. The summed E-state index contributed by atoms with van der Waals surface area (Å²) in [6, 6.07) is 6.71. The summed E-state index contributed by atoms with van der Waals surface area (Å²) in [6.45, 7) is 1.15. The van der Waals surface area contributed by atoms with Gasteiger partial charge < -0.3 is 9.64 Å². The predicted octanol–water partition coefficient (Wildman–Crippen LogP) is 3.78. The molecular formula is C17H16BrFN4OS. The van der Waals surface area contributed by atoms with Crippen LogP contribution in [0.3, 0.4) is 0 Å². The van der Waals surface area contributed by atoms with E-state index in [2.05, 4.69) is 27.0 Å². The first-order valence-electron chi connectivity index (χ1n) is 7.72. The van der Waals surface area contributed by atoms with Crippen molar-refractivity contribution in [3.8, 4) is 6.07 Å². The normalized spacial score (nSPS) is 18.6. The summed E-state index contributed by atoms with van der Waals surface area (Å²) < 4.78 is 19.3. The minimum Gasteiger partial charge on any atom is -0.365 e. The Bertz CT molecular complexity index is 805. The van der Waals surface area contributed by atoms with Gasteiger partial charge in [-0.1, -0.05) is 22.0 Å². The van der Waals surface area contributed by atoms with Gasteiger partial charge in [-0.25, -0.2) is 9.37 Å². The first-order valence-corrected chi connectivity index (χ1v) is 9.39. The van der Waals surface area contributed by atoms with E-state index in [1.54, 1.807) is 12.3 Å². The SMILES string of the molecule is COC(C#N)CN1CCC(c2ccc(F)cc2Br)N=C1c1nccs1. The predicted molar refractivity (Wildman–Crippen MR) is 98.1 cm³/mol. The van der Waals surface area contributed by atoms with Crippen LogP contribution in [0.4, 0.5) is 4.39 Å². The van der Waals surface area contributed by atoms with Crippen LogP contribution in [0.15, 0.2) is 39.2 Å². The quantitative estimate of drug-likeness (QED) is 0.735. The molecule has 130 valence electrons. The number of halogens is 2. The monoisotopic (exact) mass is 422 g/mol. The summed E-state index contributed by atoms with van der Waals surface area (Å²) >= 11 is 4.93. The number of thiazole rings is 1. The second-order valence-electron chi connectivity index (χ2n) is 5.56. The van der Waals surface area contributed by atoms with E-state index >= 15 is 0 Å². The molecule has 0 bridgehead atoms. The molecule has 0 aliphatic carbocycles. The average molecular weight is 423 g/mol. The van der Waals surface area contributed by atoms with Crippen molar-refractivity contribution in [1.82, 2.24) is 9.88 Å². The maximum atomic E-state index is 13.4. The van der Waals surface area contributed by atoms with Crippen LogP contribution in [0.2, 0.25) is 0 Å². The zero-order chi connectivity index (χ0) is 17.8. The lowest BCUT2D eigenvalue weighted by Crippen LogP contribution is -2.42. The fraction of sp³-hybridized carbons (Fsp3) is 0.353. The van der Waals surface area contributed by atoms with Crippen LogP contribution in [-0.2, 0) is 4.74 Å². The van der Waals surface area contributed by atoms with E-state index in [1.807, 2.05) is 10.3 Å². The van der Waals surface area contributed by atoms with E-state index in [4.69, 9.17) is 15.0 Å². The molecule has 0 saturated heterocycles. The van der Waals surface area contributed by atoms with Gasteiger partial charge in [-0.2, -0.15) is 5.26 Å². The first kappa shape index (κ1) is 18.0. The molecule has 2 heterocycles. The maximum absolute atomic E-state index is 13.4. The van der Waals surface area contributed by atoms with Crippen LogP contribution >= 0.6 is 27.3 Å². The zero-order valence-corrected chi connectivity index (χ0v) is 15.9. The highest BCUT2D eigenvalue weighted by atomic mass is 79.9. The topological polar surface area (TPSA) is 61.5 Å². The van der Waals surface area contributed by atoms with Crippen molar-refractivity contribution in [3.63, 3.8) is 0 Å². The number of ether oxygens (including phenoxy) is 1. The molecule has 0 radical (unpaired) electrons. The van der Waals surface area contributed by atoms with Crippen molar-refractivity contribution in [2.24, 2.45) is 4.99 Å². The van der Waals surface area contributed by atoms with Crippen molar-refractivity contribution in [2.75, 3.05) is 20.2 Å². The van der Waals surface area contributed by atoms with Crippen LogP contribution < -0.4 is 0 Å². The van der Waals surface area contributed by atoms with Crippen LogP contribution in [0.5, 0.6) is 0 Å². The molecule has 1 aliphatic rings. The zero-order valence-electron chi connectivity index (χ0n) is 13.5. The van der Waals surface area contributed by atoms with Gasteiger partial charge >= 0.3 is 0 Å². The molecule has 0 spiro atoms. The van der Waals surface area contributed by atoms with Crippen molar-refractivity contribution in [1.29, 1.82) is 5.26 Å². The fourth-order valence-corrected chi connectivity index (χ4v) is 4.02. The van der Waals surface area contributed by atoms with Gasteiger partial charge in [0, 0.05) is 29.7 Å². The molecule has 0 N–H and O–H groups in total. The lowest BCUT2D eigenvalue weighted by molar-refractivity contribution is 0.121. The number of nitriles is 1. The molecule has 1 aromatic heterocycles. The Kier molecular flexibility index (Phi) is 5.78. The summed E-state index contributed by atoms with van der Waals surface area (Å²) in [4.78, 5) is 11.3. The number of hydrogen-bond donors (Lipinski definition) is 0. The van der Waals surface area contributed by atoms with Crippen LogP contribution in [0.1, 0.15) is 23.0 Å². The van der Waals surface area contributed by atoms with E-state index in [0.717, 1.165) is 22.8 Å². The molecule has 0 fully saturated rings. The third kappa shape index (κ3) is 4.06. The standard InChI is InChI=1S/C17H16BrFN4OS/c1-24-12(9-20)10-23-6-4-15(13-3-2-11(19)8-14(13)18)22-16(23)17-21-5-7-25-17/h2-3,5,7-8,12,15H,4,6,10H2,1H3. The smallest absolute Gasteiger partial charge is 0.161 e. The molecule has 8 heteroatoms. The maximum Gasteiger partial charge on any atom is 0.161 e. The molecule has 3 rings (SSSR count). The molecule has 2 aromatic rings. The summed E-state index contributed by atoms with van der Waals surface area (Å²) in [7, 11) is 1.52. The number of aromatic nitrogens is 1. The number of aliphatic imine (C=N–C) groups is 1. The average Bonchev–Trinajstić information content (AvgIpc) is 3.14. The van der Waals surface area contributed by atoms with Gasteiger partial charge in [0.2, 0.25) is 0 Å². The van der Waals surface area contributed by atoms with Gasteiger partial charge in [0.05, 0.1) is 18.7 Å². The van der Waals surface area contributed by atoms with Crippen LogP contribution in [0, 0.1) is 17.1 Å². The Balaban J connectivity index is 1.94. The summed E-state index contributed by atoms with van der Waals surface area (Å²) in [5, 5.41) is 11.9. The molecule has 1 aromatic carbocycles. The highest BCUT2D eigenvalue weighted by molar-refractivity contribution is 9.10. The summed E-state index contributed by atoms with van der Waals surface area (Å²) in [5.41, 5.74) is 0.943. The number of amidine groups is 1. The van der Waals surface area contributed by atoms with E-state index in [9.17, 15) is 4.39 Å². The highest BCUT2D eigenvalue weighted by Gasteiger charge is 2.28. The number of hydrogen-bond acceptors (Lipinski definition) is 6. The number of nitrogens with zero attached hydrogens (tertiary/aromatic N) is 4. The molecule has 2 unspecified atom stereocenters. The Labute approximate surface area is 157 Å². The van der Waals surface area contributed by atoms with Crippen molar-refractivity contribution in [2.45, 2.75) is 18.6 Å². The van der Waals surface area contributed by atoms with Gasteiger partial charge in [-0.15, -0.1) is 11.3 Å². The van der Waals surface area contributed by atoms with Crippen molar-refractivity contribution in [3.05, 3.63) is 50.6 Å². The Hall–Kier alpha value is -1.82. The molecule has 0 amide bonds. The summed E-state index contributed by atoms with van der Waals surface area (Å²) in [6.07, 6.45) is 1.97. The lowest BCUT2D eigenvalue weighted by Gasteiger charge is -2.33. The molecule has 5 nitrogen and oxygen atoms in total. The van der Waals surface area contributed by atoms with Gasteiger partial charge in [-0.05, 0) is 24.1 Å². The minimum absolute atomic E-state index is 0.0896. The second-order valence-corrected chi connectivity index (χ2v) is 7.31. The van der Waals surface area contributed by atoms with E-state index < -0.39 is 6.10 Å². The second kappa shape index (κ2) is 8.04. The summed E-state index contributed by atoms with van der Waals surface area (Å²) in [5.74, 6) is 0.467. The fourth-order valence-electron chi connectivity index (χ4n) is 2.74. The van der Waals surface area contributed by atoms with Gasteiger partial charge in [0.15, 0.2) is 16.9 Å².